The quantitative estimate of drug-likeness (QED) is 0.801. The molecule has 18 heavy (non-hydrogen) atoms. The van der Waals surface area contributed by atoms with Crippen molar-refractivity contribution in [2.45, 2.75) is 25.9 Å². The zero-order chi connectivity index (χ0) is 12.4. The van der Waals surface area contributed by atoms with Crippen LogP contribution in [0.5, 0.6) is 11.5 Å². The van der Waals surface area contributed by atoms with Crippen LogP contribution in [0.25, 0.3) is 0 Å². The molecule has 3 heteroatoms. The molecule has 1 aromatic rings. The van der Waals surface area contributed by atoms with E-state index in [2.05, 4.69) is 11.8 Å². The van der Waals surface area contributed by atoms with E-state index in [9.17, 15) is 0 Å². The van der Waals surface area contributed by atoms with Crippen molar-refractivity contribution in [3.8, 4) is 11.5 Å². The van der Waals surface area contributed by atoms with Gasteiger partial charge in [0.25, 0.3) is 0 Å². The molecule has 1 aromatic carbocycles. The number of ether oxygens (including phenoxy) is 2. The Kier molecular flexibility index (Phi) is 3.41. The van der Waals surface area contributed by atoms with Gasteiger partial charge in [0, 0.05) is 13.1 Å². The van der Waals surface area contributed by atoms with E-state index in [-0.39, 0.29) is 6.10 Å². The molecule has 2 aliphatic rings. The third-order valence-corrected chi connectivity index (χ3v) is 3.77. The predicted octanol–water partition coefficient (Wildman–Crippen LogP) is 2.56. The summed E-state index contributed by atoms with van der Waals surface area (Å²) in [6, 6.07) is 7.93. The van der Waals surface area contributed by atoms with Crippen LogP contribution in [0.15, 0.2) is 24.3 Å². The van der Waals surface area contributed by atoms with Gasteiger partial charge in [-0.05, 0) is 37.4 Å². The smallest absolute Gasteiger partial charge is 0.161 e. The predicted molar refractivity (Wildman–Crippen MR) is 71.2 cm³/mol. The minimum atomic E-state index is 0.171. The molecule has 98 valence electrons. The third-order valence-electron chi connectivity index (χ3n) is 3.77. The fourth-order valence-corrected chi connectivity index (χ4v) is 2.89. The van der Waals surface area contributed by atoms with Crippen LogP contribution in [0.4, 0.5) is 0 Å². The summed E-state index contributed by atoms with van der Waals surface area (Å²) in [4.78, 5) is 2.51. The van der Waals surface area contributed by atoms with Crippen molar-refractivity contribution in [1.29, 1.82) is 0 Å². The number of benzene rings is 1. The first kappa shape index (κ1) is 11.8. The number of piperidine rings is 1. The van der Waals surface area contributed by atoms with Gasteiger partial charge in [-0.3, -0.25) is 4.90 Å². The van der Waals surface area contributed by atoms with Crippen LogP contribution in [-0.4, -0.2) is 37.2 Å². The van der Waals surface area contributed by atoms with Crippen molar-refractivity contribution in [1.82, 2.24) is 4.90 Å². The molecule has 0 spiro atoms. The van der Waals surface area contributed by atoms with Gasteiger partial charge in [0.1, 0.15) is 12.7 Å². The van der Waals surface area contributed by atoms with Crippen LogP contribution in [0.2, 0.25) is 0 Å². The van der Waals surface area contributed by atoms with Gasteiger partial charge < -0.3 is 9.47 Å². The van der Waals surface area contributed by atoms with Crippen molar-refractivity contribution < 1.29 is 9.47 Å². The molecule has 2 atom stereocenters. The first-order valence-corrected chi connectivity index (χ1v) is 6.92. The molecule has 0 radical (unpaired) electrons. The Morgan fingerprint density at radius 1 is 1.28 bits per heavy atom. The van der Waals surface area contributed by atoms with Crippen LogP contribution in [0.3, 0.4) is 0 Å². The Morgan fingerprint density at radius 2 is 2.11 bits per heavy atom. The van der Waals surface area contributed by atoms with E-state index in [0.29, 0.717) is 6.61 Å². The minimum Gasteiger partial charge on any atom is -0.486 e. The third kappa shape index (κ3) is 2.61. The molecule has 0 aromatic heterocycles. The van der Waals surface area contributed by atoms with Crippen LogP contribution in [-0.2, 0) is 0 Å². The lowest BCUT2D eigenvalue weighted by molar-refractivity contribution is 0.0466. The van der Waals surface area contributed by atoms with Gasteiger partial charge in [0.05, 0.1) is 0 Å². The SMILES string of the molecule is CC1CCCN(C[C@H]2COc3ccccc3O2)C1. The Bertz CT molecular complexity index is 407. The van der Waals surface area contributed by atoms with Crippen LogP contribution in [0.1, 0.15) is 19.8 Å². The highest BCUT2D eigenvalue weighted by Crippen LogP contribution is 2.31. The van der Waals surface area contributed by atoms with Crippen molar-refractivity contribution in [3.05, 3.63) is 24.3 Å². The molecule has 0 amide bonds. The highest BCUT2D eigenvalue weighted by atomic mass is 16.6. The van der Waals surface area contributed by atoms with E-state index >= 15 is 0 Å². The fraction of sp³-hybridized carbons (Fsp3) is 0.600. The summed E-state index contributed by atoms with van der Waals surface area (Å²) in [5.74, 6) is 2.58. The second-order valence-electron chi connectivity index (χ2n) is 5.50. The molecule has 0 bridgehead atoms. The van der Waals surface area contributed by atoms with Crippen LogP contribution >= 0.6 is 0 Å². The topological polar surface area (TPSA) is 21.7 Å². The van der Waals surface area contributed by atoms with Gasteiger partial charge in [-0.25, -0.2) is 0 Å². The first-order chi connectivity index (χ1) is 8.81. The first-order valence-electron chi connectivity index (χ1n) is 6.92. The maximum absolute atomic E-state index is 6.00. The van der Waals surface area contributed by atoms with Gasteiger partial charge in [0.2, 0.25) is 0 Å². The van der Waals surface area contributed by atoms with E-state index < -0.39 is 0 Å². The molecule has 2 aliphatic heterocycles. The summed E-state index contributed by atoms with van der Waals surface area (Å²) >= 11 is 0. The minimum absolute atomic E-state index is 0.171. The second kappa shape index (κ2) is 5.19. The Balaban J connectivity index is 1.59. The second-order valence-corrected chi connectivity index (χ2v) is 5.50. The lowest BCUT2D eigenvalue weighted by atomic mass is 10.00. The standard InChI is InChI=1S/C15H21NO2/c1-12-5-4-8-16(9-12)10-13-11-17-14-6-2-3-7-15(14)18-13/h2-3,6-7,12-13H,4-5,8-11H2,1H3/t12?,13-/m0/s1. The number of nitrogens with zero attached hydrogens (tertiary/aromatic N) is 1. The summed E-state index contributed by atoms with van der Waals surface area (Å²) in [6.45, 7) is 6.38. The highest BCUT2D eigenvalue weighted by molar-refractivity contribution is 5.40. The Hall–Kier alpha value is -1.22. The number of rotatable bonds is 2. The number of fused-ring (bicyclic) bond motifs is 1. The van der Waals surface area contributed by atoms with E-state index in [4.69, 9.17) is 9.47 Å². The zero-order valence-corrected chi connectivity index (χ0v) is 11.0. The maximum atomic E-state index is 6.00. The normalized spacial score (nSPS) is 28.1. The van der Waals surface area contributed by atoms with Crippen molar-refractivity contribution in [2.75, 3.05) is 26.2 Å². The largest absolute Gasteiger partial charge is 0.486 e. The van der Waals surface area contributed by atoms with Crippen molar-refractivity contribution in [3.63, 3.8) is 0 Å². The van der Waals surface area contributed by atoms with Crippen LogP contribution < -0.4 is 9.47 Å². The molecular formula is C15H21NO2. The van der Waals surface area contributed by atoms with E-state index in [1.54, 1.807) is 0 Å². The van der Waals surface area contributed by atoms with Crippen LogP contribution in [0, 0.1) is 5.92 Å². The lowest BCUT2D eigenvalue weighted by Crippen LogP contribution is -2.44. The molecule has 0 N–H and O–H groups in total. The molecule has 2 heterocycles. The monoisotopic (exact) mass is 247 g/mol. The van der Waals surface area contributed by atoms with E-state index in [1.807, 2.05) is 24.3 Å². The van der Waals surface area contributed by atoms with Crippen molar-refractivity contribution >= 4 is 0 Å². The number of hydrogen-bond donors (Lipinski definition) is 0. The summed E-state index contributed by atoms with van der Waals surface area (Å²) in [6.07, 6.45) is 2.84. The molecule has 1 unspecified atom stereocenters. The zero-order valence-electron chi connectivity index (χ0n) is 11.0. The molecule has 3 nitrogen and oxygen atoms in total. The fourth-order valence-electron chi connectivity index (χ4n) is 2.89. The summed E-state index contributed by atoms with van der Waals surface area (Å²) in [7, 11) is 0. The summed E-state index contributed by atoms with van der Waals surface area (Å²) in [5, 5.41) is 0. The molecular weight excluding hydrogens is 226 g/mol. The van der Waals surface area contributed by atoms with Gasteiger partial charge in [-0.1, -0.05) is 19.1 Å². The number of likely N-dealkylation sites (tertiary alicyclic amines) is 1. The molecule has 3 rings (SSSR count). The average Bonchev–Trinajstić information content (AvgIpc) is 2.39. The van der Waals surface area contributed by atoms with Gasteiger partial charge in [-0.2, -0.15) is 0 Å². The highest BCUT2D eigenvalue weighted by Gasteiger charge is 2.25. The summed E-state index contributed by atoms with van der Waals surface area (Å²) in [5.41, 5.74) is 0. The molecule has 1 saturated heterocycles. The van der Waals surface area contributed by atoms with E-state index in [0.717, 1.165) is 24.0 Å². The summed E-state index contributed by atoms with van der Waals surface area (Å²) < 4.78 is 11.8. The van der Waals surface area contributed by atoms with Gasteiger partial charge in [-0.15, -0.1) is 0 Å². The Morgan fingerprint density at radius 3 is 2.94 bits per heavy atom. The number of para-hydroxylation sites is 2. The lowest BCUT2D eigenvalue weighted by Gasteiger charge is -2.35. The molecule has 0 aliphatic carbocycles. The average molecular weight is 247 g/mol. The van der Waals surface area contributed by atoms with Gasteiger partial charge in [0.15, 0.2) is 11.5 Å². The number of hydrogen-bond acceptors (Lipinski definition) is 3. The van der Waals surface area contributed by atoms with Gasteiger partial charge >= 0.3 is 0 Å². The molecule has 1 fully saturated rings. The van der Waals surface area contributed by atoms with E-state index in [1.165, 1.54) is 25.9 Å². The molecule has 0 saturated carbocycles. The van der Waals surface area contributed by atoms with Crippen molar-refractivity contribution in [2.24, 2.45) is 5.92 Å². The maximum Gasteiger partial charge on any atom is 0.161 e. The Labute approximate surface area is 109 Å².